The molecule has 2 aromatic carbocycles. The third-order valence-corrected chi connectivity index (χ3v) is 6.41. The van der Waals surface area contributed by atoms with Crippen LogP contribution in [0.5, 0.6) is 11.5 Å². The molecule has 5 rings (SSSR count). The minimum absolute atomic E-state index is 0.230. The number of hydrogen-bond donors (Lipinski definition) is 1. The summed E-state index contributed by atoms with van der Waals surface area (Å²) in [7, 11) is 3.20. The van der Waals surface area contributed by atoms with Gasteiger partial charge in [-0.1, -0.05) is 12.1 Å². The van der Waals surface area contributed by atoms with Gasteiger partial charge in [0.2, 0.25) is 5.91 Å². The van der Waals surface area contributed by atoms with E-state index in [1.165, 1.54) is 17.8 Å². The summed E-state index contributed by atoms with van der Waals surface area (Å²) in [6.45, 7) is 4.88. The molecule has 1 aliphatic heterocycles. The highest BCUT2D eigenvalue weighted by Crippen LogP contribution is 2.25. The van der Waals surface area contributed by atoms with Crippen molar-refractivity contribution in [3.05, 3.63) is 70.9 Å². The topological polar surface area (TPSA) is 106 Å². The highest BCUT2D eigenvalue weighted by Gasteiger charge is 2.20. The summed E-state index contributed by atoms with van der Waals surface area (Å²) >= 11 is 0. The zero-order chi connectivity index (χ0) is 25.9. The molecule has 1 N–H and O–H groups in total. The molecule has 192 valence electrons. The Morgan fingerprint density at radius 3 is 2.54 bits per heavy atom. The SMILES string of the molecule is COc1cccc(N2CCN(c3cc4nn(CC(=O)Nc5cc(C)ccc5OC)c(=O)n4cn3)CC2)c1. The third-order valence-electron chi connectivity index (χ3n) is 6.41. The molecule has 1 saturated heterocycles. The van der Waals surface area contributed by atoms with Crippen LogP contribution in [0.1, 0.15) is 5.56 Å². The van der Waals surface area contributed by atoms with E-state index in [9.17, 15) is 9.59 Å². The summed E-state index contributed by atoms with van der Waals surface area (Å²) in [5.41, 5.74) is 2.65. The van der Waals surface area contributed by atoms with Crippen LogP contribution in [-0.4, -0.2) is 65.5 Å². The number of nitrogens with zero attached hydrogens (tertiary/aromatic N) is 6. The number of carbonyl (C=O) groups excluding carboxylic acids is 1. The van der Waals surface area contributed by atoms with Crippen molar-refractivity contribution < 1.29 is 14.3 Å². The first-order valence-corrected chi connectivity index (χ1v) is 12.0. The minimum Gasteiger partial charge on any atom is -0.497 e. The Bertz CT molecular complexity index is 1490. The van der Waals surface area contributed by atoms with Gasteiger partial charge in [-0.2, -0.15) is 0 Å². The molecule has 0 aliphatic carbocycles. The lowest BCUT2D eigenvalue weighted by Crippen LogP contribution is -2.46. The Morgan fingerprint density at radius 2 is 1.78 bits per heavy atom. The van der Waals surface area contributed by atoms with Gasteiger partial charge in [-0.05, 0) is 36.8 Å². The molecule has 11 heteroatoms. The number of anilines is 3. The number of ether oxygens (including phenoxy) is 2. The molecule has 0 saturated carbocycles. The van der Waals surface area contributed by atoms with E-state index in [4.69, 9.17) is 9.47 Å². The zero-order valence-electron chi connectivity index (χ0n) is 21.0. The van der Waals surface area contributed by atoms with Gasteiger partial charge in [0, 0.05) is 44.0 Å². The molecule has 0 unspecified atom stereocenters. The standard InChI is InChI=1S/C26H29N7O4/c1-18-7-8-22(37-3)21(13-18)28-25(34)16-33-26(35)32-17-27-23(15-24(32)29-33)31-11-9-30(10-12-31)19-5-4-6-20(14-19)36-2/h4-8,13-15,17H,9-12,16H2,1-3H3,(H,28,34). The van der Waals surface area contributed by atoms with Crippen LogP contribution in [0, 0.1) is 6.92 Å². The molecule has 1 fully saturated rings. The van der Waals surface area contributed by atoms with Crippen molar-refractivity contribution in [2.24, 2.45) is 0 Å². The fourth-order valence-electron chi connectivity index (χ4n) is 4.44. The lowest BCUT2D eigenvalue weighted by Gasteiger charge is -2.36. The maximum atomic E-state index is 12.8. The van der Waals surface area contributed by atoms with Gasteiger partial charge in [-0.3, -0.25) is 4.79 Å². The van der Waals surface area contributed by atoms with Crippen LogP contribution in [0.4, 0.5) is 17.2 Å². The number of aromatic nitrogens is 4. The lowest BCUT2D eigenvalue weighted by molar-refractivity contribution is -0.117. The van der Waals surface area contributed by atoms with Gasteiger partial charge >= 0.3 is 5.69 Å². The second-order valence-electron chi connectivity index (χ2n) is 8.84. The number of carbonyl (C=O) groups is 1. The summed E-state index contributed by atoms with van der Waals surface area (Å²) < 4.78 is 13.1. The van der Waals surface area contributed by atoms with Gasteiger partial charge in [0.15, 0.2) is 5.65 Å². The van der Waals surface area contributed by atoms with Crippen molar-refractivity contribution in [2.75, 3.05) is 55.5 Å². The summed E-state index contributed by atoms with van der Waals surface area (Å²) in [4.78, 5) is 34.5. The van der Waals surface area contributed by atoms with Crippen molar-refractivity contribution in [3.63, 3.8) is 0 Å². The maximum absolute atomic E-state index is 12.8. The van der Waals surface area contributed by atoms with Gasteiger partial charge in [0.05, 0.1) is 19.9 Å². The third kappa shape index (κ3) is 5.06. The first-order chi connectivity index (χ1) is 17.9. The molecule has 11 nitrogen and oxygen atoms in total. The molecule has 37 heavy (non-hydrogen) atoms. The Kier molecular flexibility index (Phi) is 6.67. The van der Waals surface area contributed by atoms with E-state index in [0.717, 1.165) is 53.7 Å². The van der Waals surface area contributed by atoms with E-state index in [-0.39, 0.29) is 12.5 Å². The molecule has 3 heterocycles. The Labute approximate surface area is 213 Å². The highest BCUT2D eigenvalue weighted by atomic mass is 16.5. The molecule has 2 aromatic heterocycles. The smallest absolute Gasteiger partial charge is 0.352 e. The van der Waals surface area contributed by atoms with Gasteiger partial charge in [0.1, 0.15) is 30.2 Å². The monoisotopic (exact) mass is 503 g/mol. The normalized spacial score (nSPS) is 13.6. The number of benzene rings is 2. The summed E-state index contributed by atoms with van der Waals surface area (Å²) in [6.07, 6.45) is 1.46. The number of fused-ring (bicyclic) bond motifs is 1. The number of nitrogens with one attached hydrogen (secondary N) is 1. The average Bonchev–Trinajstić information content (AvgIpc) is 3.23. The second kappa shape index (κ2) is 10.2. The van der Waals surface area contributed by atoms with E-state index in [1.54, 1.807) is 19.2 Å². The number of piperazine rings is 1. The number of hydrogen-bond acceptors (Lipinski definition) is 8. The molecule has 1 amide bonds. The van der Waals surface area contributed by atoms with Gasteiger partial charge in [0.25, 0.3) is 0 Å². The first kappa shape index (κ1) is 24.2. The Balaban J connectivity index is 1.27. The quantitative estimate of drug-likeness (QED) is 0.409. The van der Waals surface area contributed by atoms with Crippen LogP contribution in [0.3, 0.4) is 0 Å². The maximum Gasteiger partial charge on any atom is 0.352 e. The molecule has 0 atom stereocenters. The number of aryl methyl sites for hydroxylation is 1. The molecule has 0 spiro atoms. The lowest BCUT2D eigenvalue weighted by atomic mass is 10.2. The Hall–Kier alpha value is -4.54. The van der Waals surface area contributed by atoms with Gasteiger partial charge < -0.3 is 24.6 Å². The first-order valence-electron chi connectivity index (χ1n) is 12.0. The molecular weight excluding hydrogens is 474 g/mol. The average molecular weight is 504 g/mol. The van der Waals surface area contributed by atoms with Crippen LogP contribution >= 0.6 is 0 Å². The highest BCUT2D eigenvalue weighted by molar-refractivity contribution is 5.92. The van der Waals surface area contributed by atoms with Crippen LogP contribution in [0.25, 0.3) is 5.65 Å². The predicted molar refractivity (Wildman–Crippen MR) is 141 cm³/mol. The van der Waals surface area contributed by atoms with Crippen molar-refractivity contribution in [1.29, 1.82) is 0 Å². The number of methoxy groups -OCH3 is 2. The largest absolute Gasteiger partial charge is 0.497 e. The fourth-order valence-corrected chi connectivity index (χ4v) is 4.44. The van der Waals surface area contributed by atoms with Gasteiger partial charge in [-0.25, -0.2) is 18.9 Å². The molecule has 1 aliphatic rings. The molecule has 0 bridgehead atoms. The summed E-state index contributed by atoms with van der Waals surface area (Å²) in [5.74, 6) is 1.74. The van der Waals surface area contributed by atoms with E-state index in [1.807, 2.05) is 37.3 Å². The summed E-state index contributed by atoms with van der Waals surface area (Å²) in [5, 5.41) is 7.18. The van der Waals surface area contributed by atoms with Gasteiger partial charge in [-0.15, -0.1) is 5.10 Å². The van der Waals surface area contributed by atoms with E-state index in [2.05, 4.69) is 31.3 Å². The van der Waals surface area contributed by atoms with Crippen molar-refractivity contribution >= 4 is 28.7 Å². The second-order valence-corrected chi connectivity index (χ2v) is 8.84. The van der Waals surface area contributed by atoms with E-state index >= 15 is 0 Å². The Morgan fingerprint density at radius 1 is 1.00 bits per heavy atom. The number of amides is 1. The van der Waals surface area contributed by atoms with Crippen LogP contribution < -0.4 is 30.3 Å². The fraction of sp³-hybridized carbons (Fsp3) is 0.308. The van der Waals surface area contributed by atoms with E-state index < -0.39 is 5.69 Å². The van der Waals surface area contributed by atoms with Crippen LogP contribution in [0.2, 0.25) is 0 Å². The van der Waals surface area contributed by atoms with Crippen molar-refractivity contribution in [3.8, 4) is 11.5 Å². The minimum atomic E-state index is -0.428. The predicted octanol–water partition coefficient (Wildman–Crippen LogP) is 2.18. The molecule has 0 radical (unpaired) electrons. The van der Waals surface area contributed by atoms with E-state index in [0.29, 0.717) is 17.1 Å². The van der Waals surface area contributed by atoms with Crippen molar-refractivity contribution in [1.82, 2.24) is 19.2 Å². The number of rotatable bonds is 7. The summed E-state index contributed by atoms with van der Waals surface area (Å²) in [6, 6.07) is 15.3. The zero-order valence-corrected chi connectivity index (χ0v) is 21.0. The van der Waals surface area contributed by atoms with Crippen LogP contribution in [0.15, 0.2) is 59.7 Å². The van der Waals surface area contributed by atoms with Crippen LogP contribution in [-0.2, 0) is 11.3 Å². The molecule has 4 aromatic rings. The van der Waals surface area contributed by atoms with Crippen molar-refractivity contribution in [2.45, 2.75) is 13.5 Å². The molecular formula is C26H29N7O4.